The summed E-state index contributed by atoms with van der Waals surface area (Å²) in [6.07, 6.45) is 0.774. The Bertz CT molecular complexity index is 969. The van der Waals surface area contributed by atoms with Crippen LogP contribution in [0.1, 0.15) is 59.1 Å². The van der Waals surface area contributed by atoms with Crippen molar-refractivity contribution >= 4 is 17.3 Å². The third kappa shape index (κ3) is 4.76. The van der Waals surface area contributed by atoms with Crippen molar-refractivity contribution in [3.05, 3.63) is 53.6 Å². The summed E-state index contributed by atoms with van der Waals surface area (Å²) in [6.45, 7) is 13.2. The van der Waals surface area contributed by atoms with E-state index in [1.54, 1.807) is 6.92 Å². The SMILES string of the molecule is CC(=O)N1c2ccc(N)cc2C(C)(c2ccc(OCCNC(C)(C)CO)cc2)CC1(C)C. The molecular weight excluding hydrogens is 402 g/mol. The monoisotopic (exact) mass is 439 g/mol. The van der Waals surface area contributed by atoms with E-state index >= 15 is 0 Å². The molecule has 0 aliphatic carbocycles. The van der Waals surface area contributed by atoms with Crippen LogP contribution in [0.15, 0.2) is 42.5 Å². The zero-order valence-corrected chi connectivity index (χ0v) is 20.2. The van der Waals surface area contributed by atoms with Gasteiger partial charge in [-0.25, -0.2) is 0 Å². The number of carbonyl (C=O) groups is 1. The van der Waals surface area contributed by atoms with Crippen molar-refractivity contribution in [3.63, 3.8) is 0 Å². The Labute approximate surface area is 191 Å². The van der Waals surface area contributed by atoms with E-state index in [4.69, 9.17) is 10.5 Å². The topological polar surface area (TPSA) is 87.8 Å². The number of benzene rings is 2. The molecule has 0 saturated heterocycles. The number of aliphatic hydroxyl groups excluding tert-OH is 1. The number of fused-ring (bicyclic) bond motifs is 1. The van der Waals surface area contributed by atoms with E-state index in [1.165, 1.54) is 0 Å². The largest absolute Gasteiger partial charge is 0.492 e. The summed E-state index contributed by atoms with van der Waals surface area (Å²) in [6, 6.07) is 14.0. The van der Waals surface area contributed by atoms with Crippen molar-refractivity contribution in [2.45, 2.75) is 64.5 Å². The first kappa shape index (κ1) is 24.1. The van der Waals surface area contributed by atoms with Crippen LogP contribution in [-0.2, 0) is 10.2 Å². The Morgan fingerprint density at radius 3 is 2.44 bits per heavy atom. The molecule has 0 fully saturated rings. The average molecular weight is 440 g/mol. The molecule has 1 aliphatic rings. The van der Waals surface area contributed by atoms with Crippen LogP contribution in [0.3, 0.4) is 0 Å². The van der Waals surface area contributed by atoms with Gasteiger partial charge in [-0.1, -0.05) is 19.1 Å². The van der Waals surface area contributed by atoms with Gasteiger partial charge in [-0.2, -0.15) is 0 Å². The highest BCUT2D eigenvalue weighted by atomic mass is 16.5. The molecule has 0 radical (unpaired) electrons. The molecule has 1 amide bonds. The molecule has 6 nitrogen and oxygen atoms in total. The molecule has 3 rings (SSSR count). The summed E-state index contributed by atoms with van der Waals surface area (Å²) < 4.78 is 5.88. The molecule has 1 atom stereocenters. The van der Waals surface area contributed by atoms with Crippen LogP contribution in [0.4, 0.5) is 11.4 Å². The van der Waals surface area contributed by atoms with Crippen molar-refractivity contribution < 1.29 is 14.6 Å². The maximum Gasteiger partial charge on any atom is 0.224 e. The Morgan fingerprint density at radius 2 is 1.84 bits per heavy atom. The zero-order valence-electron chi connectivity index (χ0n) is 20.2. The number of amides is 1. The lowest BCUT2D eigenvalue weighted by Crippen LogP contribution is -2.55. The lowest BCUT2D eigenvalue weighted by atomic mass is 9.65. The van der Waals surface area contributed by atoms with Crippen LogP contribution in [0, 0.1) is 0 Å². The molecule has 2 aromatic rings. The second-order valence-corrected chi connectivity index (χ2v) is 10.3. The first-order valence-electron chi connectivity index (χ1n) is 11.2. The van der Waals surface area contributed by atoms with Crippen molar-refractivity contribution in [1.82, 2.24) is 5.32 Å². The van der Waals surface area contributed by atoms with E-state index in [0.717, 1.165) is 29.0 Å². The fourth-order valence-corrected chi connectivity index (χ4v) is 4.94. The van der Waals surface area contributed by atoms with Crippen LogP contribution in [0.25, 0.3) is 0 Å². The van der Waals surface area contributed by atoms with Crippen LogP contribution >= 0.6 is 0 Å². The minimum absolute atomic E-state index is 0.0322. The van der Waals surface area contributed by atoms with Crippen LogP contribution in [0.2, 0.25) is 0 Å². The first-order valence-corrected chi connectivity index (χ1v) is 11.2. The second-order valence-electron chi connectivity index (χ2n) is 10.3. The summed E-state index contributed by atoms with van der Waals surface area (Å²) in [5, 5.41) is 12.6. The predicted octanol–water partition coefficient (Wildman–Crippen LogP) is 3.85. The van der Waals surface area contributed by atoms with Crippen molar-refractivity contribution in [3.8, 4) is 5.75 Å². The zero-order chi connectivity index (χ0) is 23.7. The van der Waals surface area contributed by atoms with Gasteiger partial charge in [0.1, 0.15) is 12.4 Å². The molecule has 1 unspecified atom stereocenters. The fraction of sp³-hybridized carbons (Fsp3) is 0.500. The van der Waals surface area contributed by atoms with Crippen molar-refractivity contribution in [2.24, 2.45) is 0 Å². The molecule has 0 bridgehead atoms. The number of carbonyl (C=O) groups excluding carboxylic acids is 1. The van der Waals surface area contributed by atoms with Gasteiger partial charge in [0.15, 0.2) is 0 Å². The number of nitrogens with zero attached hydrogens (tertiary/aromatic N) is 1. The maximum atomic E-state index is 12.5. The molecule has 0 saturated carbocycles. The third-order valence-corrected chi connectivity index (χ3v) is 6.42. The molecule has 0 aromatic heterocycles. The highest BCUT2D eigenvalue weighted by Gasteiger charge is 2.47. The van der Waals surface area contributed by atoms with E-state index in [1.807, 2.05) is 49.1 Å². The second kappa shape index (κ2) is 8.75. The Morgan fingerprint density at radius 1 is 1.19 bits per heavy atom. The van der Waals surface area contributed by atoms with Gasteiger partial charge in [0, 0.05) is 41.3 Å². The summed E-state index contributed by atoms with van der Waals surface area (Å²) in [4.78, 5) is 14.4. The Balaban J connectivity index is 1.86. The number of rotatable bonds is 7. The number of hydrogen-bond acceptors (Lipinski definition) is 5. The number of nitrogens with two attached hydrogens (primary N) is 1. The molecule has 174 valence electrons. The number of nitrogens with one attached hydrogen (secondary N) is 1. The minimum atomic E-state index is -0.343. The van der Waals surface area contributed by atoms with Gasteiger partial charge in [0.2, 0.25) is 5.91 Å². The van der Waals surface area contributed by atoms with E-state index in [2.05, 4.69) is 38.2 Å². The van der Waals surface area contributed by atoms with Gasteiger partial charge in [0.05, 0.1) is 6.61 Å². The first-order chi connectivity index (χ1) is 14.9. The van der Waals surface area contributed by atoms with Gasteiger partial charge >= 0.3 is 0 Å². The minimum Gasteiger partial charge on any atom is -0.492 e. The highest BCUT2D eigenvalue weighted by Crippen LogP contribution is 2.51. The Hall–Kier alpha value is -2.57. The number of hydrogen-bond donors (Lipinski definition) is 3. The summed E-state index contributed by atoms with van der Waals surface area (Å²) in [5.74, 6) is 0.832. The van der Waals surface area contributed by atoms with Gasteiger partial charge in [0.25, 0.3) is 0 Å². The molecule has 1 heterocycles. The normalized spacial score (nSPS) is 20.0. The van der Waals surface area contributed by atoms with Gasteiger partial charge in [-0.05, 0) is 75.6 Å². The standard InChI is InChI=1S/C26H37N3O3/c1-18(31)29-23-12-9-20(27)15-22(23)26(6,16-25(29,4)5)19-7-10-21(11-8-19)32-14-13-28-24(2,3)17-30/h7-12,15,28,30H,13-14,16-17,27H2,1-6H3. The number of nitrogen functional groups attached to an aromatic ring is 1. The van der Waals surface area contributed by atoms with Gasteiger partial charge < -0.3 is 25.8 Å². The molecule has 1 aliphatic heterocycles. The number of anilines is 2. The van der Waals surface area contributed by atoms with Crippen molar-refractivity contribution in [1.29, 1.82) is 0 Å². The molecular formula is C26H37N3O3. The van der Waals surface area contributed by atoms with Crippen LogP contribution in [-0.4, -0.2) is 41.9 Å². The molecule has 0 spiro atoms. The molecule has 4 N–H and O–H groups in total. The average Bonchev–Trinajstić information content (AvgIpc) is 2.71. The predicted molar refractivity (Wildman–Crippen MR) is 130 cm³/mol. The van der Waals surface area contributed by atoms with Gasteiger partial charge in [-0.15, -0.1) is 0 Å². The van der Waals surface area contributed by atoms with Crippen molar-refractivity contribution in [2.75, 3.05) is 30.4 Å². The van der Waals surface area contributed by atoms with E-state index in [0.29, 0.717) is 18.8 Å². The van der Waals surface area contributed by atoms with Crippen LogP contribution < -0.4 is 20.7 Å². The lowest BCUT2D eigenvalue weighted by molar-refractivity contribution is -0.117. The van der Waals surface area contributed by atoms with E-state index in [-0.39, 0.29) is 29.0 Å². The number of aliphatic hydroxyl groups is 1. The van der Waals surface area contributed by atoms with Crippen LogP contribution in [0.5, 0.6) is 5.75 Å². The maximum absolute atomic E-state index is 12.5. The smallest absolute Gasteiger partial charge is 0.224 e. The Kier molecular flexibility index (Phi) is 6.59. The molecule has 32 heavy (non-hydrogen) atoms. The fourth-order valence-electron chi connectivity index (χ4n) is 4.94. The third-order valence-electron chi connectivity index (χ3n) is 6.42. The summed E-state index contributed by atoms with van der Waals surface area (Å²) in [5.41, 5.74) is 9.03. The summed E-state index contributed by atoms with van der Waals surface area (Å²) >= 11 is 0. The molecule has 2 aromatic carbocycles. The highest BCUT2D eigenvalue weighted by molar-refractivity contribution is 5.95. The summed E-state index contributed by atoms with van der Waals surface area (Å²) in [7, 11) is 0. The van der Waals surface area contributed by atoms with Gasteiger partial charge in [-0.3, -0.25) is 4.79 Å². The van der Waals surface area contributed by atoms with E-state index < -0.39 is 0 Å². The quantitative estimate of drug-likeness (QED) is 0.451. The van der Waals surface area contributed by atoms with E-state index in [9.17, 15) is 9.90 Å². The molecule has 6 heteroatoms. The number of ether oxygens (including phenoxy) is 1. The lowest BCUT2D eigenvalue weighted by Gasteiger charge is -2.51.